The number of nitrogens with zero attached hydrogens (tertiary/aromatic N) is 2. The number of H-pyrrole nitrogens is 1. The number of halogens is 1. The molecule has 0 aromatic carbocycles. The molecule has 0 atom stereocenters. The maximum absolute atomic E-state index is 12.2. The first-order valence-corrected chi connectivity index (χ1v) is 8.32. The van der Waals surface area contributed by atoms with Gasteiger partial charge in [-0.3, -0.25) is 9.89 Å². The summed E-state index contributed by atoms with van der Waals surface area (Å²) in [5.74, 6) is -0.527. The fourth-order valence-corrected chi connectivity index (χ4v) is 2.91. The fraction of sp³-hybridized carbons (Fsp3) is 0.636. The van der Waals surface area contributed by atoms with Gasteiger partial charge in [-0.25, -0.2) is 8.42 Å². The van der Waals surface area contributed by atoms with Gasteiger partial charge in [-0.2, -0.15) is 5.10 Å². The van der Waals surface area contributed by atoms with Gasteiger partial charge >= 0.3 is 0 Å². The van der Waals surface area contributed by atoms with Gasteiger partial charge in [0.1, 0.15) is 4.90 Å². The quantitative estimate of drug-likeness (QED) is 0.793. The Balaban J connectivity index is 2.88. The van der Waals surface area contributed by atoms with Crippen LogP contribution in [0.5, 0.6) is 0 Å². The van der Waals surface area contributed by atoms with E-state index < -0.39 is 15.0 Å². The van der Waals surface area contributed by atoms with Crippen molar-refractivity contribution >= 4 is 25.6 Å². The fourth-order valence-electron chi connectivity index (χ4n) is 1.57. The summed E-state index contributed by atoms with van der Waals surface area (Å²) in [6.07, 6.45) is 0.0601. The van der Waals surface area contributed by atoms with Gasteiger partial charge in [0, 0.05) is 24.3 Å². The zero-order valence-corrected chi connectivity index (χ0v) is 13.4. The van der Waals surface area contributed by atoms with Crippen LogP contribution in [-0.4, -0.2) is 55.7 Å². The second kappa shape index (κ2) is 6.55. The van der Waals surface area contributed by atoms with Crippen molar-refractivity contribution in [3.05, 3.63) is 11.4 Å². The first-order valence-electron chi connectivity index (χ1n) is 6.01. The molecule has 0 bridgehead atoms. The smallest absolute Gasteiger partial charge is 0.275 e. The molecule has 0 fully saturated rings. The number of hydrogen-bond acceptors (Lipinski definition) is 5. The van der Waals surface area contributed by atoms with Crippen molar-refractivity contribution in [3.8, 4) is 0 Å². The van der Waals surface area contributed by atoms with Gasteiger partial charge in [0.05, 0.1) is 18.4 Å². The molecule has 1 rings (SSSR count). The minimum atomic E-state index is -4.03. The molecule has 114 valence electrons. The Morgan fingerprint density at radius 2 is 2.10 bits per heavy atom. The summed E-state index contributed by atoms with van der Waals surface area (Å²) in [6.45, 7) is 5.94. The normalized spacial score (nSPS) is 11.9. The highest BCUT2D eigenvalue weighted by atomic mass is 35.7. The second-order valence-corrected chi connectivity index (χ2v) is 7.11. The molecular weight excluding hydrogens is 306 g/mol. The maximum Gasteiger partial charge on any atom is 0.275 e. The summed E-state index contributed by atoms with van der Waals surface area (Å²) in [7, 11) is 2.83. The van der Waals surface area contributed by atoms with E-state index in [9.17, 15) is 13.2 Å². The molecule has 0 aliphatic rings. The maximum atomic E-state index is 12.2. The summed E-state index contributed by atoms with van der Waals surface area (Å²) in [5.41, 5.74) is 0.0275. The number of hydrogen-bond donors (Lipinski definition) is 1. The topological polar surface area (TPSA) is 92.4 Å². The molecule has 1 aromatic rings. The molecule has 0 saturated heterocycles. The number of rotatable bonds is 6. The van der Waals surface area contributed by atoms with E-state index in [-0.39, 0.29) is 22.4 Å². The van der Waals surface area contributed by atoms with Crippen LogP contribution in [-0.2, 0) is 13.8 Å². The monoisotopic (exact) mass is 323 g/mol. The minimum Gasteiger partial charge on any atom is -0.377 e. The van der Waals surface area contributed by atoms with Crippen LogP contribution in [0.15, 0.2) is 4.90 Å². The van der Waals surface area contributed by atoms with Gasteiger partial charge in [0.2, 0.25) is 0 Å². The molecule has 1 heterocycles. The van der Waals surface area contributed by atoms with Gasteiger partial charge in [-0.05, 0) is 20.8 Å². The van der Waals surface area contributed by atoms with Crippen LogP contribution in [0.3, 0.4) is 0 Å². The van der Waals surface area contributed by atoms with Crippen molar-refractivity contribution in [2.45, 2.75) is 31.8 Å². The van der Waals surface area contributed by atoms with Gasteiger partial charge in [-0.1, -0.05) is 0 Å². The highest BCUT2D eigenvalue weighted by Crippen LogP contribution is 2.22. The first kappa shape index (κ1) is 16.9. The van der Waals surface area contributed by atoms with Gasteiger partial charge in [0.15, 0.2) is 5.69 Å². The van der Waals surface area contributed by atoms with E-state index in [2.05, 4.69) is 10.2 Å². The van der Waals surface area contributed by atoms with Gasteiger partial charge in [-0.15, -0.1) is 0 Å². The highest BCUT2D eigenvalue weighted by Gasteiger charge is 2.28. The highest BCUT2D eigenvalue weighted by molar-refractivity contribution is 8.13. The standard InChI is InChI=1S/C11H18ClN3O4S/c1-7(2)19-6-5-15(4)11(16)9-10(20(12,17)18)8(3)13-14-9/h7H,5-6H2,1-4H3,(H,13,14). The van der Waals surface area contributed by atoms with Crippen LogP contribution >= 0.6 is 10.7 Å². The molecule has 1 aromatic heterocycles. The molecule has 1 amide bonds. The lowest BCUT2D eigenvalue weighted by Gasteiger charge is -2.17. The summed E-state index contributed by atoms with van der Waals surface area (Å²) in [4.78, 5) is 13.2. The zero-order valence-electron chi connectivity index (χ0n) is 11.8. The molecule has 7 nitrogen and oxygen atoms in total. The minimum absolute atomic E-state index is 0.0601. The van der Waals surface area contributed by atoms with Crippen molar-refractivity contribution in [3.63, 3.8) is 0 Å². The van der Waals surface area contributed by atoms with E-state index in [1.165, 1.54) is 11.8 Å². The largest absolute Gasteiger partial charge is 0.377 e. The molecule has 0 saturated carbocycles. The van der Waals surface area contributed by atoms with Crippen LogP contribution in [0.4, 0.5) is 0 Å². The lowest BCUT2D eigenvalue weighted by molar-refractivity contribution is 0.0527. The van der Waals surface area contributed by atoms with Crippen LogP contribution in [0.2, 0.25) is 0 Å². The summed E-state index contributed by atoms with van der Waals surface area (Å²) >= 11 is 0. The molecule has 20 heavy (non-hydrogen) atoms. The van der Waals surface area contributed by atoms with E-state index >= 15 is 0 Å². The Morgan fingerprint density at radius 1 is 1.50 bits per heavy atom. The molecule has 0 radical (unpaired) electrons. The first-order chi connectivity index (χ1) is 9.14. The molecule has 1 N–H and O–H groups in total. The van der Waals surface area contributed by atoms with Crippen LogP contribution < -0.4 is 0 Å². The van der Waals surface area contributed by atoms with Crippen LogP contribution in [0.1, 0.15) is 30.0 Å². The summed E-state index contributed by atoms with van der Waals surface area (Å²) in [6, 6.07) is 0. The third-order valence-electron chi connectivity index (χ3n) is 2.56. The number of carbonyl (C=O) groups excluding carboxylic acids is 1. The Hall–Kier alpha value is -1.12. The summed E-state index contributed by atoms with van der Waals surface area (Å²) in [5, 5.41) is 6.19. The molecule has 0 aliphatic heterocycles. The number of aromatic nitrogens is 2. The summed E-state index contributed by atoms with van der Waals surface area (Å²) < 4.78 is 28.3. The predicted octanol–water partition coefficient (Wildman–Crippen LogP) is 1.14. The number of carbonyl (C=O) groups is 1. The number of nitrogens with one attached hydrogen (secondary N) is 1. The predicted molar refractivity (Wildman–Crippen MR) is 74.4 cm³/mol. The lowest BCUT2D eigenvalue weighted by atomic mass is 10.3. The van der Waals surface area contributed by atoms with Crippen LogP contribution in [0.25, 0.3) is 0 Å². The Bertz CT molecular complexity index is 582. The van der Waals surface area contributed by atoms with Crippen LogP contribution in [0, 0.1) is 6.92 Å². The van der Waals surface area contributed by atoms with Crippen molar-refractivity contribution in [1.82, 2.24) is 15.1 Å². The Morgan fingerprint density at radius 3 is 2.60 bits per heavy atom. The van der Waals surface area contributed by atoms with E-state index in [4.69, 9.17) is 15.4 Å². The van der Waals surface area contributed by atoms with Gasteiger partial charge < -0.3 is 9.64 Å². The van der Waals surface area contributed by atoms with E-state index in [0.717, 1.165) is 0 Å². The number of ether oxygens (including phenoxy) is 1. The van der Waals surface area contributed by atoms with E-state index in [0.29, 0.717) is 13.2 Å². The van der Waals surface area contributed by atoms with Crippen molar-refractivity contribution < 1.29 is 17.9 Å². The zero-order chi connectivity index (χ0) is 15.5. The van der Waals surface area contributed by atoms with Crippen molar-refractivity contribution in [2.24, 2.45) is 0 Å². The van der Waals surface area contributed by atoms with Crippen molar-refractivity contribution in [1.29, 1.82) is 0 Å². The number of likely N-dealkylation sites (N-methyl/N-ethyl adjacent to an activating group) is 1. The third-order valence-corrected chi connectivity index (χ3v) is 4.01. The lowest BCUT2D eigenvalue weighted by Crippen LogP contribution is -2.31. The number of aryl methyl sites for hydroxylation is 1. The Labute approximate surface area is 122 Å². The number of aromatic amines is 1. The van der Waals surface area contributed by atoms with E-state index in [1.54, 1.807) is 7.05 Å². The van der Waals surface area contributed by atoms with E-state index in [1.807, 2.05) is 13.8 Å². The number of amides is 1. The molecule has 9 heteroatoms. The second-order valence-electron chi connectivity index (χ2n) is 4.61. The SMILES string of the molecule is Cc1[nH]nc(C(=O)N(C)CCOC(C)C)c1S(=O)(=O)Cl. The molecule has 0 unspecified atom stereocenters. The molecule has 0 aliphatic carbocycles. The Kier molecular flexibility index (Phi) is 5.55. The molecule has 0 spiro atoms. The average molecular weight is 324 g/mol. The van der Waals surface area contributed by atoms with Gasteiger partial charge in [0.25, 0.3) is 15.0 Å². The molecular formula is C11H18ClN3O4S. The van der Waals surface area contributed by atoms with Crippen molar-refractivity contribution in [2.75, 3.05) is 20.2 Å². The average Bonchev–Trinajstić information content (AvgIpc) is 2.69. The third kappa shape index (κ3) is 4.19.